The Morgan fingerprint density at radius 3 is 1.33 bits per heavy atom. The maximum atomic E-state index is 2.89. The molecule has 0 nitrogen and oxygen atoms in total. The van der Waals surface area contributed by atoms with Crippen molar-refractivity contribution in [1.29, 1.82) is 0 Å². The van der Waals surface area contributed by atoms with Crippen molar-refractivity contribution in [1.82, 2.24) is 0 Å². The summed E-state index contributed by atoms with van der Waals surface area (Å²) >= 11 is 0. The molecule has 0 fully saturated rings. The second kappa shape index (κ2) is 11.8. The van der Waals surface area contributed by atoms with Crippen molar-refractivity contribution >= 4 is 24.4 Å². The van der Waals surface area contributed by atoms with Crippen molar-refractivity contribution in [3.8, 4) is 0 Å². The minimum atomic E-state index is 0. The molecule has 50 valence electrons. The molecule has 0 amide bonds. The van der Waals surface area contributed by atoms with Crippen molar-refractivity contribution in [2.24, 2.45) is 0 Å². The molecule has 0 bridgehead atoms. The first-order valence-corrected chi connectivity index (χ1v) is 1.91. The van der Waals surface area contributed by atoms with Crippen molar-refractivity contribution in [2.45, 2.75) is 0 Å². The largest absolute Gasteiger partial charge is 1.00 e. The Hall–Kier alpha value is 0.998. The second-order valence-electron chi connectivity index (χ2n) is 1.08. The van der Waals surface area contributed by atoms with Gasteiger partial charge in [0.15, 0.2) is 0 Å². The first kappa shape index (κ1) is 16.5. The Morgan fingerprint density at radius 1 is 0.778 bits per heavy atom. The standard InChI is InChI=1S/C6H5.2BrH.Sb/c1-2-4-6-5-3-1;;;/h1-5H;2*1H;/p-2. The van der Waals surface area contributed by atoms with Crippen LogP contribution in [0.4, 0.5) is 0 Å². The summed E-state index contributed by atoms with van der Waals surface area (Å²) in [5.41, 5.74) is 0. The third-order valence-electron chi connectivity index (χ3n) is 0.607. The Balaban J connectivity index is -0.000000120. The van der Waals surface area contributed by atoms with Gasteiger partial charge in [-0.05, 0) is 6.07 Å². The quantitative estimate of drug-likeness (QED) is 0.408. The van der Waals surface area contributed by atoms with Crippen molar-refractivity contribution in [3.63, 3.8) is 0 Å². The Kier molecular flexibility index (Phi) is 21.6. The van der Waals surface area contributed by atoms with E-state index in [4.69, 9.17) is 0 Å². The minimum absolute atomic E-state index is 0. The van der Waals surface area contributed by atoms with Crippen LogP contribution in [0.2, 0.25) is 0 Å². The van der Waals surface area contributed by atoms with Crippen LogP contribution in [-0.4, -0.2) is 24.4 Å². The molecule has 1 aromatic carbocycles. The molecule has 1 aromatic rings. The van der Waals surface area contributed by atoms with Gasteiger partial charge >= 0.3 is 0 Å². The van der Waals surface area contributed by atoms with E-state index >= 15 is 0 Å². The maximum Gasteiger partial charge on any atom is 0 e. The van der Waals surface area contributed by atoms with Gasteiger partial charge in [0.05, 0.1) is 0 Å². The van der Waals surface area contributed by atoms with Crippen LogP contribution < -0.4 is 34.0 Å². The van der Waals surface area contributed by atoms with Crippen LogP contribution in [0.5, 0.6) is 0 Å². The zero-order valence-corrected chi connectivity index (χ0v) is 10.3. The number of hydrogen-bond acceptors (Lipinski definition) is 0. The SMILES string of the molecule is [Br-].[Br-].[Sb].[c]1ccccc1. The molecule has 1 rings (SSSR count). The predicted octanol–water partition coefficient (Wildman–Crippen LogP) is -4.89. The van der Waals surface area contributed by atoms with Crippen LogP contribution >= 0.6 is 0 Å². The van der Waals surface area contributed by atoms with Gasteiger partial charge < -0.3 is 34.0 Å². The van der Waals surface area contributed by atoms with Gasteiger partial charge in [-0.15, -0.1) is 0 Å². The molecule has 0 aliphatic carbocycles. The molecule has 9 heavy (non-hydrogen) atoms. The number of hydrogen-bond donors (Lipinski definition) is 0. The zero-order valence-electron chi connectivity index (χ0n) is 4.59. The normalized spacial score (nSPS) is 5.33. The molecule has 0 aromatic heterocycles. The van der Waals surface area contributed by atoms with E-state index in [1.807, 2.05) is 30.3 Å². The monoisotopic (exact) mass is 356 g/mol. The molecular formula is C6H5Br2Sb-2. The summed E-state index contributed by atoms with van der Waals surface area (Å²) in [6, 6.07) is 12.5. The molecule has 0 aliphatic heterocycles. The summed E-state index contributed by atoms with van der Waals surface area (Å²) in [4.78, 5) is 0. The van der Waals surface area contributed by atoms with Crippen LogP contribution in [0.25, 0.3) is 0 Å². The van der Waals surface area contributed by atoms with E-state index in [9.17, 15) is 0 Å². The average molecular weight is 359 g/mol. The van der Waals surface area contributed by atoms with Gasteiger partial charge in [0.25, 0.3) is 0 Å². The summed E-state index contributed by atoms with van der Waals surface area (Å²) in [7, 11) is 0. The predicted molar refractivity (Wildman–Crippen MR) is 31.0 cm³/mol. The van der Waals surface area contributed by atoms with Crippen LogP contribution in [0.1, 0.15) is 0 Å². The summed E-state index contributed by atoms with van der Waals surface area (Å²) in [5, 5.41) is 0. The molecule has 0 heterocycles. The number of benzene rings is 1. The fourth-order valence-electron chi connectivity index (χ4n) is 0.342. The number of rotatable bonds is 0. The Bertz CT molecular complexity index is 83.0. The van der Waals surface area contributed by atoms with Crippen LogP contribution in [0, 0.1) is 6.07 Å². The van der Waals surface area contributed by atoms with Gasteiger partial charge in [-0.3, -0.25) is 0 Å². The molecular weight excluding hydrogens is 354 g/mol. The van der Waals surface area contributed by atoms with E-state index in [1.165, 1.54) is 0 Å². The van der Waals surface area contributed by atoms with E-state index in [-0.39, 0.29) is 58.4 Å². The topological polar surface area (TPSA) is 0 Å². The third kappa shape index (κ3) is 9.00. The van der Waals surface area contributed by atoms with E-state index in [1.54, 1.807) is 0 Å². The van der Waals surface area contributed by atoms with Gasteiger partial charge in [-0.2, -0.15) is 0 Å². The molecule has 0 atom stereocenters. The summed E-state index contributed by atoms with van der Waals surface area (Å²) in [6.07, 6.45) is 0. The van der Waals surface area contributed by atoms with Crippen molar-refractivity contribution in [2.75, 3.05) is 0 Å². The molecule has 4 radical (unpaired) electrons. The second-order valence-corrected chi connectivity index (χ2v) is 1.08. The van der Waals surface area contributed by atoms with Crippen molar-refractivity contribution in [3.05, 3.63) is 36.4 Å². The van der Waals surface area contributed by atoms with Crippen LogP contribution in [0.15, 0.2) is 30.3 Å². The molecule has 0 spiro atoms. The van der Waals surface area contributed by atoms with Crippen LogP contribution in [-0.2, 0) is 0 Å². The minimum Gasteiger partial charge on any atom is -1.00 e. The third-order valence-corrected chi connectivity index (χ3v) is 0.607. The molecule has 0 unspecified atom stereocenters. The summed E-state index contributed by atoms with van der Waals surface area (Å²) < 4.78 is 0. The van der Waals surface area contributed by atoms with Crippen molar-refractivity contribution < 1.29 is 34.0 Å². The smallest absolute Gasteiger partial charge is 0 e. The number of halogens is 2. The first-order valence-electron chi connectivity index (χ1n) is 1.91. The van der Waals surface area contributed by atoms with Crippen LogP contribution in [0.3, 0.4) is 0 Å². The van der Waals surface area contributed by atoms with E-state index in [0.29, 0.717) is 0 Å². The Labute approximate surface area is 94.0 Å². The van der Waals surface area contributed by atoms with E-state index in [0.717, 1.165) is 0 Å². The molecule has 3 heteroatoms. The van der Waals surface area contributed by atoms with Gasteiger partial charge in [-0.25, -0.2) is 0 Å². The van der Waals surface area contributed by atoms with E-state index < -0.39 is 0 Å². The molecule has 0 saturated carbocycles. The molecule has 0 N–H and O–H groups in total. The molecule has 0 aliphatic rings. The van der Waals surface area contributed by atoms with Gasteiger partial charge in [0.2, 0.25) is 0 Å². The maximum absolute atomic E-state index is 2.89. The van der Waals surface area contributed by atoms with E-state index in [2.05, 4.69) is 6.07 Å². The summed E-state index contributed by atoms with van der Waals surface area (Å²) in [5.74, 6) is 0. The van der Waals surface area contributed by atoms with Gasteiger partial charge in [0.1, 0.15) is 0 Å². The fraction of sp³-hybridized carbons (Fsp3) is 0. The first-order chi connectivity index (χ1) is 3.00. The fourth-order valence-corrected chi connectivity index (χ4v) is 0.342. The zero-order chi connectivity index (χ0) is 4.24. The van der Waals surface area contributed by atoms with Gasteiger partial charge in [0, 0.05) is 24.4 Å². The Morgan fingerprint density at radius 2 is 1.22 bits per heavy atom. The summed E-state index contributed by atoms with van der Waals surface area (Å²) in [6.45, 7) is 0. The molecule has 0 saturated heterocycles. The average Bonchev–Trinajstić information content (AvgIpc) is 1.72. The van der Waals surface area contributed by atoms with Gasteiger partial charge in [-0.1, -0.05) is 30.3 Å².